The summed E-state index contributed by atoms with van der Waals surface area (Å²) in [5.74, 6) is -0.306. The van der Waals surface area contributed by atoms with Crippen LogP contribution in [0.1, 0.15) is 21.5 Å². The Hall–Kier alpha value is -2.88. The van der Waals surface area contributed by atoms with Crippen molar-refractivity contribution in [2.75, 3.05) is 0 Å². The molecule has 2 aromatic carbocycles. The van der Waals surface area contributed by atoms with Gasteiger partial charge in [-0.3, -0.25) is 0 Å². The summed E-state index contributed by atoms with van der Waals surface area (Å²) in [4.78, 5) is 24.2. The molecular weight excluding hydrogens is 280 g/mol. The highest BCUT2D eigenvalue weighted by Crippen LogP contribution is 2.18. The Kier molecular flexibility index (Phi) is 3.51. The molecule has 3 rings (SSSR count). The summed E-state index contributed by atoms with van der Waals surface area (Å²) in [5.41, 5.74) is 1.59. The zero-order chi connectivity index (χ0) is 15.7. The first-order chi connectivity index (χ1) is 10.5. The molecule has 3 aromatic rings. The van der Waals surface area contributed by atoms with Crippen LogP contribution in [0.5, 0.6) is 5.75 Å². The van der Waals surface area contributed by atoms with Crippen molar-refractivity contribution in [3.05, 3.63) is 75.6 Å². The maximum atomic E-state index is 12.2. The van der Waals surface area contributed by atoms with Crippen molar-refractivity contribution in [3.8, 4) is 5.75 Å². The van der Waals surface area contributed by atoms with Gasteiger partial charge in [0, 0.05) is 5.39 Å². The molecule has 0 spiro atoms. The van der Waals surface area contributed by atoms with Crippen molar-refractivity contribution in [1.29, 1.82) is 0 Å². The molecule has 0 fully saturated rings. The first-order valence-corrected chi connectivity index (χ1v) is 6.86. The van der Waals surface area contributed by atoms with Crippen molar-refractivity contribution in [1.82, 2.24) is 0 Å². The highest BCUT2D eigenvalue weighted by molar-refractivity contribution is 5.94. The molecular formula is C18H14O4. The van der Waals surface area contributed by atoms with Crippen LogP contribution in [0.2, 0.25) is 0 Å². The van der Waals surface area contributed by atoms with Gasteiger partial charge in [-0.15, -0.1) is 0 Å². The number of aryl methyl sites for hydroxylation is 2. The number of para-hydroxylation sites is 1. The van der Waals surface area contributed by atoms with Gasteiger partial charge in [-0.05, 0) is 49.2 Å². The smallest absolute Gasteiger partial charge is 0.351 e. The van der Waals surface area contributed by atoms with Gasteiger partial charge in [0.05, 0.1) is 0 Å². The monoisotopic (exact) mass is 294 g/mol. The molecule has 0 unspecified atom stereocenters. The summed E-state index contributed by atoms with van der Waals surface area (Å²) >= 11 is 0. The summed E-state index contributed by atoms with van der Waals surface area (Å²) in [6.07, 6.45) is 0. The number of carbonyl (C=O) groups is 1. The molecule has 0 saturated carbocycles. The Morgan fingerprint density at radius 2 is 1.68 bits per heavy atom. The lowest BCUT2D eigenvalue weighted by atomic mass is 10.1. The largest absolute Gasteiger partial charge is 0.423 e. The molecule has 1 aromatic heterocycles. The quantitative estimate of drug-likeness (QED) is 0.411. The van der Waals surface area contributed by atoms with Gasteiger partial charge in [0.1, 0.15) is 16.9 Å². The van der Waals surface area contributed by atoms with Gasteiger partial charge in [0.2, 0.25) is 0 Å². The van der Waals surface area contributed by atoms with E-state index in [1.807, 2.05) is 19.9 Å². The van der Waals surface area contributed by atoms with Crippen LogP contribution >= 0.6 is 0 Å². The number of benzene rings is 2. The summed E-state index contributed by atoms with van der Waals surface area (Å²) in [7, 11) is 0. The topological polar surface area (TPSA) is 56.5 Å². The number of hydrogen-bond donors (Lipinski definition) is 0. The molecule has 4 heteroatoms. The molecule has 22 heavy (non-hydrogen) atoms. The summed E-state index contributed by atoms with van der Waals surface area (Å²) in [6, 6.07) is 14.0. The molecule has 0 amide bonds. The van der Waals surface area contributed by atoms with Gasteiger partial charge >= 0.3 is 11.6 Å². The van der Waals surface area contributed by atoms with Crippen LogP contribution < -0.4 is 10.4 Å². The van der Waals surface area contributed by atoms with Crippen LogP contribution in [0, 0.1) is 13.8 Å². The van der Waals surface area contributed by atoms with E-state index in [-0.39, 0.29) is 5.56 Å². The van der Waals surface area contributed by atoms with Crippen LogP contribution in [-0.2, 0) is 0 Å². The Bertz CT molecular complexity index is 902. The fraction of sp³-hybridized carbons (Fsp3) is 0.111. The molecule has 0 aliphatic rings. The van der Waals surface area contributed by atoms with E-state index in [0.29, 0.717) is 16.7 Å². The van der Waals surface area contributed by atoms with Gasteiger partial charge in [0.15, 0.2) is 0 Å². The second-order valence-electron chi connectivity index (χ2n) is 5.20. The maximum absolute atomic E-state index is 12.2. The molecule has 110 valence electrons. The van der Waals surface area contributed by atoms with Gasteiger partial charge in [0.25, 0.3) is 0 Å². The number of fused-ring (bicyclic) bond motifs is 1. The van der Waals surface area contributed by atoms with E-state index in [0.717, 1.165) is 11.1 Å². The van der Waals surface area contributed by atoms with Crippen molar-refractivity contribution < 1.29 is 13.9 Å². The van der Waals surface area contributed by atoms with Crippen molar-refractivity contribution in [3.63, 3.8) is 0 Å². The number of esters is 1. The molecule has 0 N–H and O–H groups in total. The molecule has 0 aliphatic heterocycles. The van der Waals surface area contributed by atoms with E-state index in [4.69, 9.17) is 9.15 Å². The predicted molar refractivity (Wildman–Crippen MR) is 83.4 cm³/mol. The van der Waals surface area contributed by atoms with Gasteiger partial charge in [-0.1, -0.05) is 24.3 Å². The SMILES string of the molecule is Cc1cc(C)cc(OC(=O)c2cc3ccccc3oc2=O)c1. The van der Waals surface area contributed by atoms with Crippen LogP contribution in [0.4, 0.5) is 0 Å². The third kappa shape index (κ3) is 2.76. The molecule has 0 radical (unpaired) electrons. The minimum absolute atomic E-state index is 0.113. The Morgan fingerprint density at radius 1 is 1.00 bits per heavy atom. The number of carbonyl (C=O) groups excluding carboxylic acids is 1. The zero-order valence-electron chi connectivity index (χ0n) is 12.3. The molecule has 0 aliphatic carbocycles. The third-order valence-corrected chi connectivity index (χ3v) is 3.27. The molecule has 0 bridgehead atoms. The average molecular weight is 294 g/mol. The summed E-state index contributed by atoms with van der Waals surface area (Å²) < 4.78 is 10.4. The number of rotatable bonds is 2. The Labute approximate surface area is 127 Å². The normalized spacial score (nSPS) is 10.6. The molecule has 0 saturated heterocycles. The highest BCUT2D eigenvalue weighted by atomic mass is 16.5. The third-order valence-electron chi connectivity index (χ3n) is 3.27. The second-order valence-corrected chi connectivity index (χ2v) is 5.20. The lowest BCUT2D eigenvalue weighted by Gasteiger charge is -2.06. The van der Waals surface area contributed by atoms with Crippen LogP contribution in [0.15, 0.2) is 57.7 Å². The lowest BCUT2D eigenvalue weighted by Crippen LogP contribution is -2.18. The minimum Gasteiger partial charge on any atom is -0.423 e. The minimum atomic E-state index is -0.718. The fourth-order valence-electron chi connectivity index (χ4n) is 2.36. The molecule has 0 atom stereocenters. The maximum Gasteiger partial charge on any atom is 0.351 e. The van der Waals surface area contributed by atoms with E-state index < -0.39 is 11.6 Å². The Morgan fingerprint density at radius 3 is 2.41 bits per heavy atom. The first kappa shape index (κ1) is 14.1. The average Bonchev–Trinajstić information content (AvgIpc) is 2.45. The summed E-state index contributed by atoms with van der Waals surface area (Å²) in [5, 5.41) is 0.675. The van der Waals surface area contributed by atoms with Crippen molar-refractivity contribution >= 4 is 16.9 Å². The zero-order valence-corrected chi connectivity index (χ0v) is 12.3. The van der Waals surface area contributed by atoms with Gasteiger partial charge < -0.3 is 9.15 Å². The predicted octanol–water partition coefficient (Wildman–Crippen LogP) is 3.63. The first-order valence-electron chi connectivity index (χ1n) is 6.86. The van der Waals surface area contributed by atoms with E-state index >= 15 is 0 Å². The van der Waals surface area contributed by atoms with E-state index in [1.54, 1.807) is 36.4 Å². The van der Waals surface area contributed by atoms with Crippen LogP contribution in [0.25, 0.3) is 11.0 Å². The van der Waals surface area contributed by atoms with Gasteiger partial charge in [-0.25, -0.2) is 9.59 Å². The lowest BCUT2D eigenvalue weighted by molar-refractivity contribution is 0.0730. The van der Waals surface area contributed by atoms with Gasteiger partial charge in [-0.2, -0.15) is 0 Å². The fourth-order valence-corrected chi connectivity index (χ4v) is 2.36. The number of ether oxygens (including phenoxy) is 1. The standard InChI is InChI=1S/C18H14O4/c1-11-7-12(2)9-14(8-11)21-17(19)15-10-13-5-3-4-6-16(13)22-18(15)20/h3-10H,1-2H3. The van der Waals surface area contributed by atoms with E-state index in [1.165, 1.54) is 6.07 Å². The Balaban J connectivity index is 1.98. The van der Waals surface area contributed by atoms with E-state index in [2.05, 4.69) is 0 Å². The van der Waals surface area contributed by atoms with Crippen LogP contribution in [-0.4, -0.2) is 5.97 Å². The van der Waals surface area contributed by atoms with E-state index in [9.17, 15) is 9.59 Å². The van der Waals surface area contributed by atoms with Crippen molar-refractivity contribution in [2.24, 2.45) is 0 Å². The second kappa shape index (κ2) is 5.48. The molecule has 1 heterocycles. The summed E-state index contributed by atoms with van der Waals surface area (Å²) in [6.45, 7) is 3.82. The number of hydrogen-bond acceptors (Lipinski definition) is 4. The van der Waals surface area contributed by atoms with Crippen LogP contribution in [0.3, 0.4) is 0 Å². The molecule has 4 nitrogen and oxygen atoms in total. The van der Waals surface area contributed by atoms with Crippen molar-refractivity contribution in [2.45, 2.75) is 13.8 Å². The highest BCUT2D eigenvalue weighted by Gasteiger charge is 2.16.